The first-order valence-electron chi connectivity index (χ1n) is 6.53. The van der Waals surface area contributed by atoms with Crippen LogP contribution in [0.4, 0.5) is 0 Å². The van der Waals surface area contributed by atoms with Gasteiger partial charge in [0.15, 0.2) is 5.78 Å². The fourth-order valence-electron chi connectivity index (χ4n) is 2.61. The molecule has 3 unspecified atom stereocenters. The minimum atomic E-state index is 0.1000. The number of thiophene rings is 1. The van der Waals surface area contributed by atoms with Crippen molar-refractivity contribution in [1.29, 1.82) is 0 Å². The molecule has 2 heterocycles. The minimum Gasteiger partial charge on any atom is -0.313 e. The van der Waals surface area contributed by atoms with Crippen LogP contribution >= 0.6 is 11.3 Å². The van der Waals surface area contributed by atoms with Gasteiger partial charge in [-0.3, -0.25) is 4.79 Å². The smallest absolute Gasteiger partial charge is 0.177 e. The summed E-state index contributed by atoms with van der Waals surface area (Å²) in [5.41, 5.74) is 0. The molecule has 1 aliphatic heterocycles. The van der Waals surface area contributed by atoms with Crippen LogP contribution in [0.3, 0.4) is 0 Å². The fraction of sp³-hybridized carbons (Fsp3) is 0.643. The van der Waals surface area contributed by atoms with E-state index in [1.165, 1.54) is 12.8 Å². The van der Waals surface area contributed by atoms with Gasteiger partial charge in [0.05, 0.1) is 4.88 Å². The highest BCUT2D eigenvalue weighted by molar-refractivity contribution is 7.12. The van der Waals surface area contributed by atoms with Crippen molar-refractivity contribution in [3.05, 3.63) is 22.4 Å². The maximum absolute atomic E-state index is 12.3. The number of carbonyl (C=O) groups is 1. The van der Waals surface area contributed by atoms with Crippen molar-refractivity contribution in [1.82, 2.24) is 5.32 Å². The molecule has 1 N–H and O–H groups in total. The fourth-order valence-corrected chi connectivity index (χ4v) is 3.37. The average Bonchev–Trinajstić information content (AvgIpc) is 2.91. The zero-order valence-corrected chi connectivity index (χ0v) is 11.4. The van der Waals surface area contributed by atoms with Crippen LogP contribution in [0.2, 0.25) is 0 Å². The van der Waals surface area contributed by atoms with Crippen LogP contribution < -0.4 is 5.32 Å². The summed E-state index contributed by atoms with van der Waals surface area (Å²) in [5.74, 6) is 1.19. The quantitative estimate of drug-likeness (QED) is 0.832. The lowest BCUT2D eigenvalue weighted by Crippen LogP contribution is -2.44. The van der Waals surface area contributed by atoms with E-state index >= 15 is 0 Å². The molecule has 3 heteroatoms. The highest BCUT2D eigenvalue weighted by atomic mass is 32.1. The molecule has 2 rings (SSSR count). The predicted molar refractivity (Wildman–Crippen MR) is 72.6 cm³/mol. The molecule has 0 aromatic carbocycles. The van der Waals surface area contributed by atoms with Gasteiger partial charge in [-0.05, 0) is 36.8 Å². The Morgan fingerprint density at radius 2 is 2.47 bits per heavy atom. The summed E-state index contributed by atoms with van der Waals surface area (Å²) in [6, 6.07) is 4.25. The normalized spacial score (nSPS) is 26.7. The monoisotopic (exact) mass is 251 g/mol. The number of rotatable bonds is 4. The largest absolute Gasteiger partial charge is 0.313 e. The Kier molecular flexibility index (Phi) is 4.35. The van der Waals surface area contributed by atoms with Gasteiger partial charge in [0.25, 0.3) is 0 Å². The van der Waals surface area contributed by atoms with E-state index in [1.54, 1.807) is 11.3 Å². The molecule has 2 nitrogen and oxygen atoms in total. The molecular weight excluding hydrogens is 230 g/mol. The highest BCUT2D eigenvalue weighted by Crippen LogP contribution is 2.26. The Balaban J connectivity index is 1.99. The Labute approximate surface area is 107 Å². The van der Waals surface area contributed by atoms with Crippen LogP contribution in [0.1, 0.15) is 42.8 Å². The van der Waals surface area contributed by atoms with Gasteiger partial charge in [0.2, 0.25) is 0 Å². The zero-order valence-electron chi connectivity index (χ0n) is 10.6. The summed E-state index contributed by atoms with van der Waals surface area (Å²) in [6.07, 6.45) is 3.64. The number of hydrogen-bond donors (Lipinski definition) is 1. The summed E-state index contributed by atoms with van der Waals surface area (Å²) in [7, 11) is 0. The molecule has 1 fully saturated rings. The van der Waals surface area contributed by atoms with E-state index in [9.17, 15) is 4.79 Å². The number of Topliss-reactive ketones (excluding diaryl/α,β-unsaturated/α-hetero) is 1. The van der Waals surface area contributed by atoms with Crippen molar-refractivity contribution < 1.29 is 4.79 Å². The molecule has 1 aromatic rings. The molecule has 0 saturated carbocycles. The molecule has 0 bridgehead atoms. The molecule has 94 valence electrons. The van der Waals surface area contributed by atoms with Crippen molar-refractivity contribution in [2.45, 2.75) is 39.2 Å². The number of hydrogen-bond acceptors (Lipinski definition) is 3. The average molecular weight is 251 g/mol. The van der Waals surface area contributed by atoms with E-state index in [0.29, 0.717) is 11.8 Å². The Morgan fingerprint density at radius 1 is 1.65 bits per heavy atom. The van der Waals surface area contributed by atoms with Crippen molar-refractivity contribution in [3.63, 3.8) is 0 Å². The second-order valence-electron chi connectivity index (χ2n) is 4.99. The maximum atomic E-state index is 12.3. The van der Waals surface area contributed by atoms with Gasteiger partial charge in [0.1, 0.15) is 0 Å². The first-order valence-corrected chi connectivity index (χ1v) is 7.41. The number of nitrogens with one attached hydrogen (secondary N) is 1. The molecule has 1 aromatic heterocycles. The topological polar surface area (TPSA) is 29.1 Å². The molecule has 1 saturated heterocycles. The lowest BCUT2D eigenvalue weighted by molar-refractivity contribution is 0.0883. The van der Waals surface area contributed by atoms with Crippen LogP contribution in [0.25, 0.3) is 0 Å². The summed E-state index contributed by atoms with van der Waals surface area (Å²) in [4.78, 5) is 13.2. The molecule has 17 heavy (non-hydrogen) atoms. The third-order valence-corrected chi connectivity index (χ3v) is 4.79. The van der Waals surface area contributed by atoms with Gasteiger partial charge in [-0.25, -0.2) is 0 Å². The summed E-state index contributed by atoms with van der Waals surface area (Å²) >= 11 is 1.55. The lowest BCUT2D eigenvalue weighted by Gasteiger charge is -2.33. The molecule has 3 atom stereocenters. The van der Waals surface area contributed by atoms with Gasteiger partial charge in [-0.2, -0.15) is 0 Å². The van der Waals surface area contributed by atoms with Crippen molar-refractivity contribution in [3.8, 4) is 0 Å². The summed E-state index contributed by atoms with van der Waals surface area (Å²) in [6.45, 7) is 5.38. The summed E-state index contributed by atoms with van der Waals surface area (Å²) in [5, 5.41) is 5.49. The molecular formula is C14H21NOS. The molecule has 0 amide bonds. The van der Waals surface area contributed by atoms with E-state index in [4.69, 9.17) is 0 Å². The van der Waals surface area contributed by atoms with Gasteiger partial charge >= 0.3 is 0 Å². The van der Waals surface area contributed by atoms with E-state index in [1.807, 2.05) is 17.5 Å². The van der Waals surface area contributed by atoms with Crippen molar-refractivity contribution in [2.24, 2.45) is 11.8 Å². The number of piperidine rings is 1. The highest BCUT2D eigenvalue weighted by Gasteiger charge is 2.29. The van der Waals surface area contributed by atoms with E-state index < -0.39 is 0 Å². The third-order valence-electron chi connectivity index (χ3n) is 3.90. The Morgan fingerprint density at radius 3 is 3.12 bits per heavy atom. The van der Waals surface area contributed by atoms with Crippen molar-refractivity contribution >= 4 is 17.1 Å². The Bertz CT molecular complexity index is 360. The van der Waals surface area contributed by atoms with Crippen LogP contribution in [0, 0.1) is 11.8 Å². The Hall–Kier alpha value is -0.670. The van der Waals surface area contributed by atoms with Crippen LogP contribution in [-0.2, 0) is 0 Å². The van der Waals surface area contributed by atoms with E-state index in [-0.39, 0.29) is 5.92 Å². The van der Waals surface area contributed by atoms with Crippen LogP contribution in [-0.4, -0.2) is 18.4 Å². The SMILES string of the molecule is CCC1CCNC(C(C)C(=O)c2cccs2)C1. The van der Waals surface area contributed by atoms with Crippen molar-refractivity contribution in [2.75, 3.05) is 6.54 Å². The first-order chi connectivity index (χ1) is 8.22. The molecule has 0 radical (unpaired) electrons. The lowest BCUT2D eigenvalue weighted by atomic mass is 9.83. The van der Waals surface area contributed by atoms with Crippen LogP contribution in [0.15, 0.2) is 17.5 Å². The third kappa shape index (κ3) is 2.96. The number of ketones is 1. The maximum Gasteiger partial charge on any atom is 0.177 e. The standard InChI is InChI=1S/C14H21NOS/c1-3-11-6-7-15-12(9-11)10(2)14(16)13-5-4-8-17-13/h4-5,8,10-12,15H,3,6-7,9H2,1-2H3. The van der Waals surface area contributed by atoms with Gasteiger partial charge in [-0.1, -0.05) is 26.3 Å². The minimum absolute atomic E-state index is 0.1000. The zero-order chi connectivity index (χ0) is 12.3. The van der Waals surface area contributed by atoms with E-state index in [2.05, 4.69) is 19.2 Å². The number of carbonyl (C=O) groups excluding carboxylic acids is 1. The predicted octanol–water partition coefficient (Wildman–Crippen LogP) is 3.35. The van der Waals surface area contributed by atoms with E-state index in [0.717, 1.165) is 23.8 Å². The molecule has 0 spiro atoms. The van der Waals surface area contributed by atoms with Gasteiger partial charge in [-0.15, -0.1) is 11.3 Å². The summed E-state index contributed by atoms with van der Waals surface area (Å²) < 4.78 is 0. The first kappa shape index (κ1) is 12.8. The van der Waals surface area contributed by atoms with Gasteiger partial charge < -0.3 is 5.32 Å². The second kappa shape index (κ2) is 5.78. The molecule has 0 aliphatic carbocycles. The van der Waals surface area contributed by atoms with Gasteiger partial charge in [0, 0.05) is 12.0 Å². The second-order valence-corrected chi connectivity index (χ2v) is 5.94. The van der Waals surface area contributed by atoms with Crippen LogP contribution in [0.5, 0.6) is 0 Å². The molecule has 1 aliphatic rings.